The molecule has 1 aromatic heterocycles. The third-order valence-corrected chi connectivity index (χ3v) is 2.39. The minimum Gasteiger partial charge on any atom is -0.492 e. The molecule has 0 spiro atoms. The zero-order valence-electron chi connectivity index (χ0n) is 8.42. The number of ether oxygens (including phenoxy) is 1. The maximum Gasteiger partial charge on any atom is 0.173 e. The molecule has 0 saturated carbocycles. The second-order valence-electron chi connectivity index (χ2n) is 3.18. The average molecular weight is 242 g/mol. The van der Waals surface area contributed by atoms with Gasteiger partial charge in [-0.3, -0.25) is 5.10 Å². The summed E-state index contributed by atoms with van der Waals surface area (Å²) >= 11 is 5.86. The summed E-state index contributed by atoms with van der Waals surface area (Å²) in [6, 6.07) is 4.48. The molecule has 1 aromatic carbocycles. The number of hydrogen-bond donors (Lipinski definition) is 2. The highest BCUT2D eigenvalue weighted by molar-refractivity contribution is 6.32. The number of hydrogen-bond acceptors (Lipinski definition) is 3. The molecule has 0 aliphatic heterocycles. The van der Waals surface area contributed by atoms with E-state index in [4.69, 9.17) is 22.1 Å². The molecule has 0 saturated heterocycles. The second-order valence-corrected chi connectivity index (χ2v) is 3.59. The summed E-state index contributed by atoms with van der Waals surface area (Å²) in [4.78, 5) is 0. The highest BCUT2D eigenvalue weighted by Crippen LogP contribution is 2.32. The van der Waals surface area contributed by atoms with E-state index in [0.29, 0.717) is 17.1 Å². The first-order valence-corrected chi connectivity index (χ1v) is 4.84. The number of nitrogen functional groups attached to an aromatic ring is 1. The van der Waals surface area contributed by atoms with Crippen molar-refractivity contribution in [1.29, 1.82) is 0 Å². The number of aromatic amines is 1. The van der Waals surface area contributed by atoms with E-state index in [2.05, 4.69) is 10.2 Å². The van der Waals surface area contributed by atoms with Crippen LogP contribution < -0.4 is 10.5 Å². The number of halogens is 2. The van der Waals surface area contributed by atoms with E-state index in [1.54, 1.807) is 12.1 Å². The van der Waals surface area contributed by atoms with Crippen molar-refractivity contribution in [2.45, 2.75) is 0 Å². The minimum atomic E-state index is -0.529. The average Bonchev–Trinajstić information content (AvgIpc) is 2.64. The molecule has 2 aromatic rings. The number of methoxy groups -OCH3 is 1. The number of aromatic nitrogens is 2. The lowest BCUT2D eigenvalue weighted by Crippen LogP contribution is -1.90. The van der Waals surface area contributed by atoms with Crippen molar-refractivity contribution in [1.82, 2.24) is 10.2 Å². The van der Waals surface area contributed by atoms with Crippen LogP contribution in [0.3, 0.4) is 0 Å². The van der Waals surface area contributed by atoms with E-state index in [-0.39, 0.29) is 10.8 Å². The Morgan fingerprint density at radius 2 is 2.19 bits per heavy atom. The summed E-state index contributed by atoms with van der Waals surface area (Å²) in [5.41, 5.74) is 6.61. The van der Waals surface area contributed by atoms with E-state index in [1.165, 1.54) is 13.2 Å². The van der Waals surface area contributed by atoms with Gasteiger partial charge in [-0.2, -0.15) is 5.10 Å². The number of nitrogens with zero attached hydrogens (tertiary/aromatic N) is 1. The first-order chi connectivity index (χ1) is 7.61. The highest BCUT2D eigenvalue weighted by Gasteiger charge is 2.12. The summed E-state index contributed by atoms with van der Waals surface area (Å²) in [6.07, 6.45) is 0. The predicted octanol–water partition coefficient (Wildman–Crippen LogP) is 2.46. The van der Waals surface area contributed by atoms with Gasteiger partial charge in [-0.25, -0.2) is 4.39 Å². The Kier molecular flexibility index (Phi) is 2.70. The standard InChI is InChI=1S/C10H9ClFN3O/c1-16-10-6(11)2-5(3-7(10)12)8-4-9(13)15-14-8/h2-4H,1H3,(H3,13,14,15). The first kappa shape index (κ1) is 10.8. The Bertz CT molecular complexity index is 504. The molecular weight excluding hydrogens is 233 g/mol. The lowest BCUT2D eigenvalue weighted by Gasteiger charge is -2.06. The first-order valence-electron chi connectivity index (χ1n) is 4.46. The highest BCUT2D eigenvalue weighted by atomic mass is 35.5. The van der Waals surface area contributed by atoms with Gasteiger partial charge in [0.25, 0.3) is 0 Å². The quantitative estimate of drug-likeness (QED) is 0.849. The van der Waals surface area contributed by atoms with E-state index in [0.717, 1.165) is 0 Å². The number of rotatable bonds is 2. The van der Waals surface area contributed by atoms with Gasteiger partial charge in [-0.15, -0.1) is 0 Å². The third-order valence-electron chi connectivity index (χ3n) is 2.11. The monoisotopic (exact) mass is 241 g/mol. The Labute approximate surface area is 96.2 Å². The van der Waals surface area contributed by atoms with Crippen LogP contribution in [-0.2, 0) is 0 Å². The molecule has 0 fully saturated rings. The van der Waals surface area contributed by atoms with Gasteiger partial charge >= 0.3 is 0 Å². The fourth-order valence-electron chi connectivity index (χ4n) is 1.40. The molecule has 0 aliphatic carbocycles. The maximum atomic E-state index is 13.5. The van der Waals surface area contributed by atoms with Crippen LogP contribution in [0.25, 0.3) is 11.3 Å². The van der Waals surface area contributed by atoms with Crippen molar-refractivity contribution in [3.8, 4) is 17.0 Å². The molecule has 6 heteroatoms. The molecule has 0 atom stereocenters. The van der Waals surface area contributed by atoms with Crippen molar-refractivity contribution in [2.24, 2.45) is 0 Å². The van der Waals surface area contributed by atoms with Crippen molar-refractivity contribution < 1.29 is 9.13 Å². The van der Waals surface area contributed by atoms with Crippen LogP contribution in [0.4, 0.5) is 10.2 Å². The molecule has 0 bridgehead atoms. The predicted molar refractivity (Wildman–Crippen MR) is 60.0 cm³/mol. The van der Waals surface area contributed by atoms with E-state index < -0.39 is 5.82 Å². The zero-order valence-corrected chi connectivity index (χ0v) is 9.18. The molecule has 0 unspecified atom stereocenters. The van der Waals surface area contributed by atoms with E-state index in [9.17, 15) is 4.39 Å². The van der Waals surface area contributed by atoms with Gasteiger partial charge in [0.1, 0.15) is 5.82 Å². The van der Waals surface area contributed by atoms with Crippen LogP contribution in [-0.4, -0.2) is 17.3 Å². The molecule has 16 heavy (non-hydrogen) atoms. The second kappa shape index (κ2) is 4.02. The number of H-pyrrole nitrogens is 1. The molecule has 0 radical (unpaired) electrons. The number of benzene rings is 1. The van der Waals surface area contributed by atoms with Crippen molar-refractivity contribution >= 4 is 17.4 Å². The molecule has 0 aliphatic rings. The van der Waals surface area contributed by atoms with Crippen molar-refractivity contribution in [3.05, 3.63) is 29.0 Å². The van der Waals surface area contributed by atoms with Crippen molar-refractivity contribution in [3.63, 3.8) is 0 Å². The fraction of sp³-hybridized carbons (Fsp3) is 0.100. The van der Waals surface area contributed by atoms with Crippen LogP contribution in [0.1, 0.15) is 0 Å². The van der Waals surface area contributed by atoms with Crippen LogP contribution in [0.2, 0.25) is 5.02 Å². The van der Waals surface area contributed by atoms with Gasteiger partial charge in [-0.05, 0) is 12.1 Å². The van der Waals surface area contributed by atoms with Crippen LogP contribution in [0, 0.1) is 5.82 Å². The summed E-state index contributed by atoms with van der Waals surface area (Å²) in [7, 11) is 1.36. The van der Waals surface area contributed by atoms with Crippen LogP contribution in [0.5, 0.6) is 5.75 Å². The van der Waals surface area contributed by atoms with Crippen molar-refractivity contribution in [2.75, 3.05) is 12.8 Å². The largest absolute Gasteiger partial charge is 0.492 e. The topological polar surface area (TPSA) is 63.9 Å². The zero-order chi connectivity index (χ0) is 11.7. The molecule has 2 rings (SSSR count). The molecule has 1 heterocycles. The van der Waals surface area contributed by atoms with Gasteiger partial charge in [0.2, 0.25) is 0 Å². The van der Waals surface area contributed by atoms with Gasteiger partial charge < -0.3 is 10.5 Å². The van der Waals surface area contributed by atoms with E-state index >= 15 is 0 Å². The lowest BCUT2D eigenvalue weighted by atomic mass is 10.1. The summed E-state index contributed by atoms with van der Waals surface area (Å²) < 4.78 is 18.3. The molecule has 0 amide bonds. The molecule has 84 valence electrons. The Morgan fingerprint density at radius 3 is 2.69 bits per heavy atom. The summed E-state index contributed by atoms with van der Waals surface area (Å²) in [5.74, 6) is -0.168. The maximum absolute atomic E-state index is 13.5. The normalized spacial score (nSPS) is 10.4. The van der Waals surface area contributed by atoms with E-state index in [1.807, 2.05) is 0 Å². The van der Waals surface area contributed by atoms with Gasteiger partial charge in [0, 0.05) is 11.6 Å². The van der Waals surface area contributed by atoms with Crippen LogP contribution in [0.15, 0.2) is 18.2 Å². The summed E-state index contributed by atoms with van der Waals surface area (Å²) in [5, 5.41) is 6.62. The molecule has 4 nitrogen and oxygen atoms in total. The smallest absolute Gasteiger partial charge is 0.173 e. The Hall–Kier alpha value is -1.75. The summed E-state index contributed by atoms with van der Waals surface area (Å²) in [6.45, 7) is 0. The van der Waals surface area contributed by atoms with Gasteiger partial charge in [0.05, 0.1) is 17.8 Å². The minimum absolute atomic E-state index is 0.0258. The number of anilines is 1. The van der Waals surface area contributed by atoms with Crippen LogP contribution >= 0.6 is 11.6 Å². The number of nitrogens with two attached hydrogens (primary N) is 1. The Morgan fingerprint density at radius 1 is 1.44 bits per heavy atom. The lowest BCUT2D eigenvalue weighted by molar-refractivity contribution is 0.387. The SMILES string of the molecule is COc1c(F)cc(-c2cc(N)n[nH]2)cc1Cl. The third kappa shape index (κ3) is 1.81. The number of nitrogens with one attached hydrogen (secondary N) is 1. The van der Waals surface area contributed by atoms with Gasteiger partial charge in [-0.1, -0.05) is 11.6 Å². The fourth-order valence-corrected chi connectivity index (χ4v) is 1.68. The molecule has 3 N–H and O–H groups in total. The molecular formula is C10H9ClFN3O. The Balaban J connectivity index is 2.52. The van der Waals surface area contributed by atoms with Gasteiger partial charge in [0.15, 0.2) is 11.6 Å².